The van der Waals surface area contributed by atoms with E-state index >= 15 is 0 Å². The monoisotopic (exact) mass is 436 g/mol. The van der Waals surface area contributed by atoms with E-state index in [2.05, 4.69) is 31.8 Å². The number of sulfonamides is 1. The largest absolute Gasteiger partial charge is 0.381 e. The molecule has 10 nitrogen and oxygen atoms in total. The SMILES string of the molecule is COC(c1cnc(C)cn1)C(C)S(=O)(=O)Nc1nnc([C@@H]2CCOC2)n1C1(C)CC1. The lowest BCUT2D eigenvalue weighted by molar-refractivity contribution is 0.0985. The lowest BCUT2D eigenvalue weighted by Crippen LogP contribution is -2.34. The summed E-state index contributed by atoms with van der Waals surface area (Å²) in [6.45, 7) is 6.76. The highest BCUT2D eigenvalue weighted by Crippen LogP contribution is 2.47. The fourth-order valence-electron chi connectivity index (χ4n) is 3.79. The van der Waals surface area contributed by atoms with Crippen molar-refractivity contribution >= 4 is 16.0 Å². The van der Waals surface area contributed by atoms with Crippen LogP contribution >= 0.6 is 0 Å². The van der Waals surface area contributed by atoms with Gasteiger partial charge in [0.05, 0.1) is 24.2 Å². The molecule has 1 saturated heterocycles. The first kappa shape index (κ1) is 21.1. The molecule has 1 saturated carbocycles. The number of nitrogens with one attached hydrogen (secondary N) is 1. The molecular weight excluding hydrogens is 408 g/mol. The van der Waals surface area contributed by atoms with Gasteiger partial charge in [0.25, 0.3) is 0 Å². The fraction of sp³-hybridized carbons (Fsp3) is 0.684. The van der Waals surface area contributed by atoms with Gasteiger partial charge in [-0.3, -0.25) is 19.3 Å². The van der Waals surface area contributed by atoms with Crippen molar-refractivity contribution in [1.29, 1.82) is 0 Å². The lowest BCUT2D eigenvalue weighted by atomic mass is 10.1. The van der Waals surface area contributed by atoms with Gasteiger partial charge in [0.15, 0.2) is 0 Å². The highest BCUT2D eigenvalue weighted by Gasteiger charge is 2.45. The Hall–Kier alpha value is -2.11. The summed E-state index contributed by atoms with van der Waals surface area (Å²) in [5.74, 6) is 1.15. The number of nitrogens with zero attached hydrogens (tertiary/aromatic N) is 5. The molecule has 2 aliphatic rings. The second-order valence-corrected chi connectivity index (χ2v) is 10.4. The minimum Gasteiger partial charge on any atom is -0.381 e. The molecule has 0 bridgehead atoms. The van der Waals surface area contributed by atoms with Crippen molar-refractivity contribution < 1.29 is 17.9 Å². The van der Waals surface area contributed by atoms with Crippen LogP contribution in [0.25, 0.3) is 0 Å². The van der Waals surface area contributed by atoms with Gasteiger partial charge in [-0.05, 0) is 40.0 Å². The van der Waals surface area contributed by atoms with Gasteiger partial charge >= 0.3 is 0 Å². The number of anilines is 1. The summed E-state index contributed by atoms with van der Waals surface area (Å²) in [6.07, 6.45) is 5.13. The third-order valence-corrected chi connectivity index (χ3v) is 7.69. The summed E-state index contributed by atoms with van der Waals surface area (Å²) in [4.78, 5) is 8.49. The van der Waals surface area contributed by atoms with Gasteiger partial charge in [0, 0.05) is 31.4 Å². The van der Waals surface area contributed by atoms with E-state index in [-0.39, 0.29) is 17.4 Å². The Morgan fingerprint density at radius 1 is 1.30 bits per heavy atom. The van der Waals surface area contributed by atoms with E-state index in [0.717, 1.165) is 30.8 Å². The number of aryl methyl sites for hydroxylation is 1. The quantitative estimate of drug-likeness (QED) is 0.666. The predicted molar refractivity (Wildman–Crippen MR) is 110 cm³/mol. The van der Waals surface area contributed by atoms with Gasteiger partial charge in [0.1, 0.15) is 17.2 Å². The molecule has 0 aromatic carbocycles. The van der Waals surface area contributed by atoms with E-state index in [1.54, 1.807) is 19.3 Å². The van der Waals surface area contributed by atoms with Crippen molar-refractivity contribution in [2.75, 3.05) is 25.0 Å². The van der Waals surface area contributed by atoms with Crippen molar-refractivity contribution in [2.24, 2.45) is 0 Å². The highest BCUT2D eigenvalue weighted by atomic mass is 32.2. The summed E-state index contributed by atoms with van der Waals surface area (Å²) >= 11 is 0. The van der Waals surface area contributed by atoms with Crippen LogP contribution in [-0.2, 0) is 25.0 Å². The summed E-state index contributed by atoms with van der Waals surface area (Å²) in [7, 11) is -2.38. The van der Waals surface area contributed by atoms with Crippen LogP contribution in [0.5, 0.6) is 0 Å². The lowest BCUT2D eigenvalue weighted by Gasteiger charge is -2.24. The molecule has 0 radical (unpaired) electrons. The van der Waals surface area contributed by atoms with Crippen LogP contribution < -0.4 is 4.72 Å². The average molecular weight is 437 g/mol. The summed E-state index contributed by atoms with van der Waals surface area (Å²) in [6, 6.07) is 0. The zero-order chi connectivity index (χ0) is 21.5. The molecule has 4 rings (SSSR count). The first-order valence-corrected chi connectivity index (χ1v) is 11.7. The maximum Gasteiger partial charge on any atom is 0.240 e. The van der Waals surface area contributed by atoms with E-state index in [1.807, 2.05) is 11.5 Å². The molecule has 3 heterocycles. The molecule has 30 heavy (non-hydrogen) atoms. The second-order valence-electron chi connectivity index (χ2n) is 8.37. The van der Waals surface area contributed by atoms with E-state index in [0.29, 0.717) is 18.9 Å². The molecule has 0 amide bonds. The van der Waals surface area contributed by atoms with E-state index < -0.39 is 21.4 Å². The Morgan fingerprint density at radius 2 is 2.07 bits per heavy atom. The maximum absolute atomic E-state index is 13.2. The number of hydrogen-bond donors (Lipinski definition) is 1. The average Bonchev–Trinajstić information content (AvgIpc) is 3.12. The third-order valence-electron chi connectivity index (χ3n) is 5.99. The van der Waals surface area contributed by atoms with Crippen LogP contribution in [0.4, 0.5) is 5.95 Å². The van der Waals surface area contributed by atoms with E-state index in [9.17, 15) is 8.42 Å². The normalized spacial score (nSPS) is 22.6. The zero-order valence-corrected chi connectivity index (χ0v) is 18.5. The number of hydrogen-bond acceptors (Lipinski definition) is 8. The van der Waals surface area contributed by atoms with Crippen LogP contribution in [0.1, 0.15) is 62.3 Å². The number of aromatic nitrogens is 5. The first-order valence-electron chi connectivity index (χ1n) is 10.1. The number of rotatable bonds is 8. The van der Waals surface area contributed by atoms with Crippen molar-refractivity contribution in [2.45, 2.75) is 62.8 Å². The molecular formula is C19H28N6O4S. The van der Waals surface area contributed by atoms with E-state index in [1.165, 1.54) is 7.11 Å². The maximum atomic E-state index is 13.2. The van der Waals surface area contributed by atoms with Gasteiger partial charge < -0.3 is 9.47 Å². The van der Waals surface area contributed by atoms with Gasteiger partial charge in [-0.2, -0.15) is 0 Å². The molecule has 11 heteroatoms. The summed E-state index contributed by atoms with van der Waals surface area (Å²) in [5.41, 5.74) is 1.03. The van der Waals surface area contributed by atoms with Crippen LogP contribution in [0.15, 0.2) is 12.4 Å². The molecule has 3 atom stereocenters. The molecule has 0 spiro atoms. The molecule has 2 fully saturated rings. The minimum atomic E-state index is -3.85. The van der Waals surface area contributed by atoms with Crippen LogP contribution in [-0.4, -0.2) is 58.7 Å². The molecule has 1 aliphatic carbocycles. The Kier molecular flexibility index (Phi) is 5.54. The van der Waals surface area contributed by atoms with Crippen LogP contribution in [0, 0.1) is 6.92 Å². The molecule has 2 aromatic heterocycles. The Balaban J connectivity index is 1.62. The molecule has 164 valence electrons. The summed E-state index contributed by atoms with van der Waals surface area (Å²) in [5, 5.41) is 7.61. The zero-order valence-electron chi connectivity index (χ0n) is 17.7. The Bertz CT molecular complexity index is 997. The molecule has 2 unspecified atom stereocenters. The Morgan fingerprint density at radius 3 is 2.63 bits per heavy atom. The van der Waals surface area contributed by atoms with Crippen molar-refractivity contribution in [3.63, 3.8) is 0 Å². The van der Waals surface area contributed by atoms with Crippen molar-refractivity contribution in [3.05, 3.63) is 29.6 Å². The number of methoxy groups -OCH3 is 1. The van der Waals surface area contributed by atoms with Gasteiger partial charge in [0.2, 0.25) is 16.0 Å². The standard InChI is InChI=1S/C19H28N6O4S/c1-12-9-21-15(10-20-12)16(28-4)13(2)30(26,27)24-18-23-22-17(14-5-8-29-11-14)25(18)19(3)6-7-19/h9-10,13-14,16H,5-8,11H2,1-4H3,(H,23,24)/t13?,14-,16?/m1/s1. The van der Waals surface area contributed by atoms with Crippen LogP contribution in [0.2, 0.25) is 0 Å². The summed E-state index contributed by atoms with van der Waals surface area (Å²) < 4.78 is 42.0. The van der Waals surface area contributed by atoms with Gasteiger partial charge in [-0.25, -0.2) is 8.42 Å². The molecule has 1 aliphatic heterocycles. The third kappa shape index (κ3) is 3.93. The predicted octanol–water partition coefficient (Wildman–Crippen LogP) is 1.91. The number of ether oxygens (including phenoxy) is 2. The highest BCUT2D eigenvalue weighted by molar-refractivity contribution is 7.93. The fourth-order valence-corrected chi connectivity index (χ4v) is 4.94. The van der Waals surface area contributed by atoms with Crippen molar-refractivity contribution in [3.8, 4) is 0 Å². The van der Waals surface area contributed by atoms with Crippen LogP contribution in [0.3, 0.4) is 0 Å². The van der Waals surface area contributed by atoms with Gasteiger partial charge in [-0.1, -0.05) is 0 Å². The van der Waals surface area contributed by atoms with Gasteiger partial charge in [-0.15, -0.1) is 10.2 Å². The smallest absolute Gasteiger partial charge is 0.240 e. The Labute approximate surface area is 176 Å². The minimum absolute atomic E-state index is 0.125. The topological polar surface area (TPSA) is 121 Å². The van der Waals surface area contributed by atoms with Crippen molar-refractivity contribution in [1.82, 2.24) is 24.7 Å². The first-order chi connectivity index (χ1) is 14.2. The molecule has 2 aromatic rings. The van der Waals surface area contributed by atoms with E-state index in [4.69, 9.17) is 9.47 Å². The second kappa shape index (κ2) is 7.86. The molecule has 1 N–H and O–H groups in total.